The Morgan fingerprint density at radius 1 is 1.47 bits per heavy atom. The molecule has 0 atom stereocenters. The van der Waals surface area contributed by atoms with Crippen LogP contribution in [-0.4, -0.2) is 15.5 Å². The Labute approximate surface area is 111 Å². The average Bonchev–Trinajstić information content (AvgIpc) is 2.63. The summed E-state index contributed by atoms with van der Waals surface area (Å²) in [6.45, 7) is 1.98. The summed E-state index contributed by atoms with van der Waals surface area (Å²) in [5.41, 5.74) is 4.90. The van der Waals surface area contributed by atoms with Gasteiger partial charge in [0.25, 0.3) is 0 Å². The van der Waals surface area contributed by atoms with Gasteiger partial charge in [-0.2, -0.15) is 0 Å². The van der Waals surface area contributed by atoms with Gasteiger partial charge in [0.05, 0.1) is 16.4 Å². The number of rotatable bonds is 2. The van der Waals surface area contributed by atoms with Crippen LogP contribution in [0.1, 0.15) is 30.7 Å². The number of imidazole rings is 1. The molecule has 1 aromatic carbocycles. The van der Waals surface area contributed by atoms with Gasteiger partial charge >= 0.3 is 0 Å². The number of hydrogen-bond acceptors (Lipinski definition) is 3. The van der Waals surface area contributed by atoms with E-state index in [2.05, 4.69) is 15.0 Å². The predicted octanol–water partition coefficient (Wildman–Crippen LogP) is 1.29. The van der Waals surface area contributed by atoms with E-state index in [1.807, 2.05) is 32.2 Å². The van der Waals surface area contributed by atoms with Crippen molar-refractivity contribution >= 4 is 16.9 Å². The first-order valence-electron chi connectivity index (χ1n) is 6.53. The van der Waals surface area contributed by atoms with Crippen molar-refractivity contribution in [3.05, 3.63) is 29.6 Å². The molecule has 1 saturated carbocycles. The molecule has 1 aromatic heterocycles. The number of benzene rings is 1. The molecular formula is C14H18N4O. The van der Waals surface area contributed by atoms with Gasteiger partial charge in [-0.05, 0) is 37.5 Å². The van der Waals surface area contributed by atoms with Crippen molar-refractivity contribution in [3.8, 4) is 0 Å². The van der Waals surface area contributed by atoms with E-state index in [0.717, 1.165) is 41.7 Å². The lowest BCUT2D eigenvalue weighted by Crippen LogP contribution is -2.51. The third kappa shape index (κ3) is 1.58. The van der Waals surface area contributed by atoms with Gasteiger partial charge in [-0.15, -0.1) is 0 Å². The minimum Gasteiger partial charge on any atom is -0.331 e. The van der Waals surface area contributed by atoms with E-state index in [1.165, 1.54) is 0 Å². The molecule has 1 aliphatic carbocycles. The average molecular weight is 258 g/mol. The molecule has 3 rings (SSSR count). The van der Waals surface area contributed by atoms with Crippen molar-refractivity contribution in [1.82, 2.24) is 15.0 Å². The van der Waals surface area contributed by atoms with Crippen molar-refractivity contribution in [2.75, 3.05) is 0 Å². The van der Waals surface area contributed by atoms with Crippen LogP contribution in [0.25, 0.3) is 11.0 Å². The summed E-state index contributed by atoms with van der Waals surface area (Å²) >= 11 is 0. The molecule has 5 nitrogen and oxygen atoms in total. The number of aromatic nitrogens is 2. The zero-order valence-corrected chi connectivity index (χ0v) is 11.2. The Morgan fingerprint density at radius 2 is 2.21 bits per heavy atom. The van der Waals surface area contributed by atoms with Crippen LogP contribution in [-0.2, 0) is 17.3 Å². The van der Waals surface area contributed by atoms with Crippen molar-refractivity contribution in [2.24, 2.45) is 12.9 Å². The van der Waals surface area contributed by atoms with E-state index >= 15 is 0 Å². The van der Waals surface area contributed by atoms with Gasteiger partial charge in [-0.3, -0.25) is 10.2 Å². The first-order chi connectivity index (χ1) is 9.08. The molecule has 5 heteroatoms. The van der Waals surface area contributed by atoms with Crippen LogP contribution in [0, 0.1) is 6.92 Å². The van der Waals surface area contributed by atoms with Gasteiger partial charge in [0, 0.05) is 7.05 Å². The first-order valence-corrected chi connectivity index (χ1v) is 6.53. The SMILES string of the molecule is Cc1nc2cc(C3(C(=O)NN)CCC3)ccc2n1C. The summed E-state index contributed by atoms with van der Waals surface area (Å²) in [6.07, 6.45) is 2.77. The lowest BCUT2D eigenvalue weighted by molar-refractivity contribution is -0.130. The molecule has 0 bridgehead atoms. The second-order valence-corrected chi connectivity index (χ2v) is 5.33. The molecule has 0 radical (unpaired) electrons. The van der Waals surface area contributed by atoms with Gasteiger partial charge in [0.15, 0.2) is 0 Å². The molecule has 0 spiro atoms. The maximum absolute atomic E-state index is 12.1. The van der Waals surface area contributed by atoms with Gasteiger partial charge in [0.2, 0.25) is 5.91 Å². The number of hydrazine groups is 1. The highest BCUT2D eigenvalue weighted by molar-refractivity contribution is 5.90. The molecule has 1 heterocycles. The topological polar surface area (TPSA) is 72.9 Å². The van der Waals surface area contributed by atoms with Crippen LogP contribution in [0.5, 0.6) is 0 Å². The normalized spacial score (nSPS) is 17.2. The van der Waals surface area contributed by atoms with Gasteiger partial charge in [-0.25, -0.2) is 10.8 Å². The maximum Gasteiger partial charge on any atom is 0.244 e. The lowest BCUT2D eigenvalue weighted by atomic mass is 9.64. The molecule has 100 valence electrons. The summed E-state index contributed by atoms with van der Waals surface area (Å²) in [7, 11) is 2.00. The second-order valence-electron chi connectivity index (χ2n) is 5.33. The van der Waals surface area contributed by atoms with Crippen molar-refractivity contribution in [3.63, 3.8) is 0 Å². The van der Waals surface area contributed by atoms with Crippen LogP contribution in [0.4, 0.5) is 0 Å². The van der Waals surface area contributed by atoms with Crippen LogP contribution in [0.2, 0.25) is 0 Å². The number of nitrogens with zero attached hydrogens (tertiary/aromatic N) is 2. The molecular weight excluding hydrogens is 240 g/mol. The number of hydrogen-bond donors (Lipinski definition) is 2. The highest BCUT2D eigenvalue weighted by Crippen LogP contribution is 2.44. The monoisotopic (exact) mass is 258 g/mol. The number of amides is 1. The van der Waals surface area contributed by atoms with Crippen molar-refractivity contribution < 1.29 is 4.79 Å². The van der Waals surface area contributed by atoms with Crippen LogP contribution in [0.15, 0.2) is 18.2 Å². The van der Waals surface area contributed by atoms with E-state index in [0.29, 0.717) is 0 Å². The predicted molar refractivity (Wildman–Crippen MR) is 73.3 cm³/mol. The summed E-state index contributed by atoms with van der Waals surface area (Å²) < 4.78 is 2.05. The largest absolute Gasteiger partial charge is 0.331 e. The highest BCUT2D eigenvalue weighted by Gasteiger charge is 2.45. The Hall–Kier alpha value is -1.88. The van der Waals surface area contributed by atoms with Crippen LogP contribution in [0.3, 0.4) is 0 Å². The fourth-order valence-electron chi connectivity index (χ4n) is 2.93. The Balaban J connectivity index is 2.12. The first kappa shape index (κ1) is 12.2. The number of carbonyl (C=O) groups excluding carboxylic acids is 1. The van der Waals surface area contributed by atoms with E-state index in [1.54, 1.807) is 0 Å². The van der Waals surface area contributed by atoms with Crippen LogP contribution < -0.4 is 11.3 Å². The second kappa shape index (κ2) is 4.06. The number of nitrogens with one attached hydrogen (secondary N) is 1. The van der Waals surface area contributed by atoms with Gasteiger partial charge in [-0.1, -0.05) is 12.5 Å². The zero-order chi connectivity index (χ0) is 13.6. The summed E-state index contributed by atoms with van der Waals surface area (Å²) in [5, 5.41) is 0. The molecule has 0 saturated heterocycles. The van der Waals surface area contributed by atoms with Crippen molar-refractivity contribution in [2.45, 2.75) is 31.6 Å². The molecule has 3 N–H and O–H groups in total. The third-order valence-corrected chi connectivity index (χ3v) is 4.43. The van der Waals surface area contributed by atoms with E-state index in [-0.39, 0.29) is 5.91 Å². The molecule has 1 fully saturated rings. The Kier molecular flexibility index (Phi) is 2.60. The van der Waals surface area contributed by atoms with E-state index < -0.39 is 5.41 Å². The quantitative estimate of drug-likeness (QED) is 0.484. The van der Waals surface area contributed by atoms with E-state index in [9.17, 15) is 4.79 Å². The standard InChI is InChI=1S/C14H18N4O/c1-9-16-11-8-10(4-5-12(11)18(9)2)14(6-3-7-14)13(19)17-15/h4-5,8H,3,6-7,15H2,1-2H3,(H,17,19). The Bertz CT molecular complexity index is 655. The third-order valence-electron chi connectivity index (χ3n) is 4.43. The number of aryl methyl sites for hydroxylation is 2. The van der Waals surface area contributed by atoms with Crippen molar-refractivity contribution in [1.29, 1.82) is 0 Å². The molecule has 1 amide bonds. The van der Waals surface area contributed by atoms with Crippen LogP contribution >= 0.6 is 0 Å². The summed E-state index contributed by atoms with van der Waals surface area (Å²) in [6, 6.07) is 6.09. The van der Waals surface area contributed by atoms with Gasteiger partial charge < -0.3 is 4.57 Å². The molecule has 19 heavy (non-hydrogen) atoms. The Morgan fingerprint density at radius 3 is 2.79 bits per heavy atom. The van der Waals surface area contributed by atoms with E-state index in [4.69, 9.17) is 5.84 Å². The zero-order valence-electron chi connectivity index (χ0n) is 11.2. The summed E-state index contributed by atoms with van der Waals surface area (Å²) in [5.74, 6) is 6.21. The number of fused-ring (bicyclic) bond motifs is 1. The fourth-order valence-corrected chi connectivity index (χ4v) is 2.93. The molecule has 0 aliphatic heterocycles. The number of carbonyl (C=O) groups is 1. The fraction of sp³-hybridized carbons (Fsp3) is 0.429. The van der Waals surface area contributed by atoms with Gasteiger partial charge in [0.1, 0.15) is 5.82 Å². The maximum atomic E-state index is 12.1. The minimum absolute atomic E-state index is 0.0919. The minimum atomic E-state index is -0.450. The highest BCUT2D eigenvalue weighted by atomic mass is 16.2. The molecule has 2 aromatic rings. The smallest absolute Gasteiger partial charge is 0.244 e. The molecule has 0 unspecified atom stereocenters. The lowest BCUT2D eigenvalue weighted by Gasteiger charge is -2.40. The molecule has 1 aliphatic rings. The number of nitrogens with two attached hydrogens (primary N) is 1. The summed E-state index contributed by atoms with van der Waals surface area (Å²) in [4.78, 5) is 16.6.